The Hall–Kier alpha value is -2.40. The first-order valence-corrected chi connectivity index (χ1v) is 8.58. The van der Waals surface area contributed by atoms with Gasteiger partial charge in [0, 0.05) is 11.6 Å². The summed E-state index contributed by atoms with van der Waals surface area (Å²) in [5.74, 6) is 1.96. The summed E-state index contributed by atoms with van der Waals surface area (Å²) in [4.78, 5) is 14.1. The van der Waals surface area contributed by atoms with E-state index in [1.54, 1.807) is 29.2 Å². The fourth-order valence-electron chi connectivity index (χ4n) is 2.57. The molecular weight excluding hydrogens is 342 g/mol. The number of rotatable bonds is 6. The number of carbonyl (C=O) groups excluding carboxylic acids is 1. The van der Waals surface area contributed by atoms with Crippen molar-refractivity contribution >= 4 is 17.5 Å². The number of halogens is 1. The molecule has 5 nitrogen and oxygen atoms in total. The molecule has 0 saturated carbocycles. The molecule has 6 heteroatoms. The van der Waals surface area contributed by atoms with Gasteiger partial charge in [0.2, 0.25) is 0 Å². The van der Waals surface area contributed by atoms with Crippen LogP contribution in [0.15, 0.2) is 48.5 Å². The van der Waals surface area contributed by atoms with E-state index in [0.717, 1.165) is 5.75 Å². The molecular formula is C19H20ClNO4. The normalized spacial score (nSPS) is 15.5. The number of benzene rings is 2. The van der Waals surface area contributed by atoms with Crippen LogP contribution in [0.25, 0.3) is 0 Å². The Kier molecular flexibility index (Phi) is 5.66. The van der Waals surface area contributed by atoms with Crippen LogP contribution in [0.2, 0.25) is 5.02 Å². The van der Waals surface area contributed by atoms with E-state index in [1.165, 1.54) is 0 Å². The quantitative estimate of drug-likeness (QED) is 0.791. The van der Waals surface area contributed by atoms with Gasteiger partial charge in [-0.3, -0.25) is 4.79 Å². The summed E-state index contributed by atoms with van der Waals surface area (Å²) in [5, 5.41) is 0.628. The molecule has 0 spiro atoms. The fourth-order valence-corrected chi connectivity index (χ4v) is 2.70. The van der Waals surface area contributed by atoms with Crippen LogP contribution in [0.1, 0.15) is 6.92 Å². The fraction of sp³-hybridized carbons (Fsp3) is 0.316. The molecule has 0 N–H and O–H groups in total. The molecule has 1 aliphatic heterocycles. The van der Waals surface area contributed by atoms with E-state index >= 15 is 0 Å². The monoisotopic (exact) mass is 361 g/mol. The van der Waals surface area contributed by atoms with E-state index in [0.29, 0.717) is 36.2 Å². The van der Waals surface area contributed by atoms with Gasteiger partial charge < -0.3 is 19.1 Å². The SMILES string of the molecule is CCN(CC1COc2ccccc2O1)C(=O)COc1ccc(Cl)cc1. The summed E-state index contributed by atoms with van der Waals surface area (Å²) in [5.41, 5.74) is 0. The van der Waals surface area contributed by atoms with Crippen molar-refractivity contribution in [3.8, 4) is 17.2 Å². The van der Waals surface area contributed by atoms with E-state index in [1.807, 2.05) is 31.2 Å². The van der Waals surface area contributed by atoms with Crippen LogP contribution >= 0.6 is 11.6 Å². The molecule has 1 unspecified atom stereocenters. The van der Waals surface area contributed by atoms with Gasteiger partial charge in [0.15, 0.2) is 24.2 Å². The largest absolute Gasteiger partial charge is 0.486 e. The van der Waals surface area contributed by atoms with Gasteiger partial charge in [0.1, 0.15) is 12.4 Å². The predicted molar refractivity (Wildman–Crippen MR) is 95.6 cm³/mol. The van der Waals surface area contributed by atoms with Gasteiger partial charge in [-0.25, -0.2) is 0 Å². The van der Waals surface area contributed by atoms with E-state index < -0.39 is 0 Å². The van der Waals surface area contributed by atoms with Gasteiger partial charge in [0.25, 0.3) is 5.91 Å². The number of nitrogens with zero attached hydrogens (tertiary/aromatic N) is 1. The van der Waals surface area contributed by atoms with Crippen LogP contribution in [0.5, 0.6) is 17.2 Å². The molecule has 0 aromatic heterocycles. The van der Waals surface area contributed by atoms with Crippen molar-refractivity contribution in [2.75, 3.05) is 26.3 Å². The minimum Gasteiger partial charge on any atom is -0.486 e. The molecule has 0 fully saturated rings. The first-order valence-electron chi connectivity index (χ1n) is 8.20. The number of hydrogen-bond acceptors (Lipinski definition) is 4. The summed E-state index contributed by atoms with van der Waals surface area (Å²) in [6, 6.07) is 14.5. The minimum absolute atomic E-state index is 0.0281. The second-order valence-corrected chi connectivity index (χ2v) is 6.11. The van der Waals surface area contributed by atoms with Crippen molar-refractivity contribution < 1.29 is 19.0 Å². The lowest BCUT2D eigenvalue weighted by molar-refractivity contribution is -0.134. The Bertz CT molecular complexity index is 720. The lowest BCUT2D eigenvalue weighted by Crippen LogP contribution is -2.45. The molecule has 25 heavy (non-hydrogen) atoms. The van der Waals surface area contributed by atoms with Gasteiger partial charge in [0.05, 0.1) is 6.54 Å². The molecule has 1 amide bonds. The van der Waals surface area contributed by atoms with E-state index in [9.17, 15) is 4.79 Å². The Morgan fingerprint density at radius 1 is 1.20 bits per heavy atom. The maximum absolute atomic E-state index is 12.4. The van der Waals surface area contributed by atoms with Crippen LogP contribution < -0.4 is 14.2 Å². The third-order valence-corrected chi connectivity index (χ3v) is 4.15. The number of carbonyl (C=O) groups is 1. The van der Waals surface area contributed by atoms with Crippen LogP contribution in [0.4, 0.5) is 0 Å². The lowest BCUT2D eigenvalue weighted by atomic mass is 10.2. The van der Waals surface area contributed by atoms with Crippen molar-refractivity contribution in [2.24, 2.45) is 0 Å². The summed E-state index contributed by atoms with van der Waals surface area (Å²) < 4.78 is 17.1. The molecule has 3 rings (SSSR count). The zero-order chi connectivity index (χ0) is 17.6. The van der Waals surface area contributed by atoms with Crippen LogP contribution in [-0.2, 0) is 4.79 Å². The van der Waals surface area contributed by atoms with Gasteiger partial charge in [-0.15, -0.1) is 0 Å². The van der Waals surface area contributed by atoms with Gasteiger partial charge >= 0.3 is 0 Å². The second kappa shape index (κ2) is 8.12. The predicted octanol–water partition coefficient (Wildman–Crippen LogP) is 3.41. The highest BCUT2D eigenvalue weighted by Crippen LogP contribution is 2.31. The van der Waals surface area contributed by atoms with E-state index in [4.69, 9.17) is 25.8 Å². The number of ether oxygens (including phenoxy) is 3. The van der Waals surface area contributed by atoms with Crippen molar-refractivity contribution in [1.82, 2.24) is 4.90 Å². The summed E-state index contributed by atoms with van der Waals surface area (Å²) in [6.45, 7) is 3.34. The zero-order valence-electron chi connectivity index (χ0n) is 14.0. The third kappa shape index (κ3) is 4.57. The molecule has 0 aliphatic carbocycles. The number of likely N-dealkylation sites (N-methyl/N-ethyl adjacent to an activating group) is 1. The topological polar surface area (TPSA) is 48.0 Å². The molecule has 2 aromatic rings. The standard InChI is InChI=1S/C19H20ClNO4/c1-2-21(19(22)13-23-15-9-7-14(20)8-10-15)11-16-12-24-17-5-3-4-6-18(17)25-16/h3-10,16H,2,11-13H2,1H3. The van der Waals surface area contributed by atoms with Gasteiger partial charge in [-0.1, -0.05) is 23.7 Å². The molecule has 0 saturated heterocycles. The number of amides is 1. The first-order chi connectivity index (χ1) is 12.2. The van der Waals surface area contributed by atoms with Crippen molar-refractivity contribution in [3.63, 3.8) is 0 Å². The number of fused-ring (bicyclic) bond motifs is 1. The van der Waals surface area contributed by atoms with Gasteiger partial charge in [-0.05, 0) is 43.3 Å². The van der Waals surface area contributed by atoms with E-state index in [2.05, 4.69) is 0 Å². The molecule has 1 atom stereocenters. The van der Waals surface area contributed by atoms with Crippen LogP contribution in [-0.4, -0.2) is 43.2 Å². The summed E-state index contributed by atoms with van der Waals surface area (Å²) >= 11 is 5.84. The first kappa shape index (κ1) is 17.4. The maximum atomic E-state index is 12.4. The Labute approximate surface area is 152 Å². The minimum atomic E-state index is -0.200. The lowest BCUT2D eigenvalue weighted by Gasteiger charge is -2.30. The van der Waals surface area contributed by atoms with Crippen molar-refractivity contribution in [3.05, 3.63) is 53.6 Å². The number of hydrogen-bond donors (Lipinski definition) is 0. The molecule has 1 aliphatic rings. The van der Waals surface area contributed by atoms with Crippen LogP contribution in [0, 0.1) is 0 Å². The summed E-state index contributed by atoms with van der Waals surface area (Å²) in [6.07, 6.45) is -0.200. The summed E-state index contributed by atoms with van der Waals surface area (Å²) in [7, 11) is 0. The highest BCUT2D eigenvalue weighted by atomic mass is 35.5. The smallest absolute Gasteiger partial charge is 0.260 e. The highest BCUT2D eigenvalue weighted by Gasteiger charge is 2.24. The molecule has 132 valence electrons. The van der Waals surface area contributed by atoms with Crippen molar-refractivity contribution in [2.45, 2.75) is 13.0 Å². The average Bonchev–Trinajstić information content (AvgIpc) is 2.65. The number of para-hydroxylation sites is 2. The van der Waals surface area contributed by atoms with Crippen molar-refractivity contribution in [1.29, 1.82) is 0 Å². The van der Waals surface area contributed by atoms with E-state index in [-0.39, 0.29) is 18.6 Å². The highest BCUT2D eigenvalue weighted by molar-refractivity contribution is 6.30. The molecule has 1 heterocycles. The van der Waals surface area contributed by atoms with Gasteiger partial charge in [-0.2, -0.15) is 0 Å². The molecule has 0 bridgehead atoms. The second-order valence-electron chi connectivity index (χ2n) is 5.67. The molecule has 2 aromatic carbocycles. The molecule has 0 radical (unpaired) electrons. The van der Waals surface area contributed by atoms with Crippen LogP contribution in [0.3, 0.4) is 0 Å². The third-order valence-electron chi connectivity index (χ3n) is 3.90. The Balaban J connectivity index is 1.53. The Morgan fingerprint density at radius 3 is 2.64 bits per heavy atom. The maximum Gasteiger partial charge on any atom is 0.260 e. The zero-order valence-corrected chi connectivity index (χ0v) is 14.7. The Morgan fingerprint density at radius 2 is 1.92 bits per heavy atom. The average molecular weight is 362 g/mol.